The zero-order valence-corrected chi connectivity index (χ0v) is 15.3. The van der Waals surface area contributed by atoms with Crippen molar-refractivity contribution in [3.8, 4) is 0 Å². The molecule has 0 aromatic heterocycles. The van der Waals surface area contributed by atoms with Crippen molar-refractivity contribution in [3.63, 3.8) is 0 Å². The maximum atomic E-state index is 12.0. The Hall–Kier alpha value is -1.44. The molecule has 0 saturated carbocycles. The summed E-state index contributed by atoms with van der Waals surface area (Å²) in [6.45, 7) is 7.61. The van der Waals surface area contributed by atoms with Crippen LogP contribution in [0.3, 0.4) is 0 Å². The average Bonchev–Trinajstić information content (AvgIpc) is 2.60. The van der Waals surface area contributed by atoms with E-state index in [0.717, 1.165) is 18.5 Å². The molecule has 0 aliphatic carbocycles. The van der Waals surface area contributed by atoms with Gasteiger partial charge in [0.2, 0.25) is 10.0 Å². The van der Waals surface area contributed by atoms with Gasteiger partial charge in [0.25, 0.3) is 5.91 Å². The van der Waals surface area contributed by atoms with E-state index in [0.29, 0.717) is 38.3 Å². The third-order valence-electron chi connectivity index (χ3n) is 4.22. The van der Waals surface area contributed by atoms with E-state index in [1.54, 1.807) is 11.2 Å². The molecule has 0 radical (unpaired) electrons. The van der Waals surface area contributed by atoms with Gasteiger partial charge in [-0.2, -0.15) is 4.31 Å². The van der Waals surface area contributed by atoms with Gasteiger partial charge in [0, 0.05) is 44.8 Å². The van der Waals surface area contributed by atoms with Gasteiger partial charge in [-0.3, -0.25) is 9.69 Å². The first kappa shape index (κ1) is 18.9. The highest BCUT2D eigenvalue weighted by molar-refractivity contribution is 7.89. The van der Waals surface area contributed by atoms with Crippen LogP contribution >= 0.6 is 0 Å². The van der Waals surface area contributed by atoms with Crippen molar-refractivity contribution in [1.82, 2.24) is 14.5 Å². The molecule has 1 aromatic rings. The molecule has 0 bridgehead atoms. The molecule has 1 aliphatic rings. The van der Waals surface area contributed by atoms with Crippen LogP contribution in [-0.2, 0) is 16.6 Å². The summed E-state index contributed by atoms with van der Waals surface area (Å²) in [5, 5.41) is 2.88. The lowest BCUT2D eigenvalue weighted by Crippen LogP contribution is -2.48. The first-order chi connectivity index (χ1) is 11.5. The van der Waals surface area contributed by atoms with Crippen molar-refractivity contribution in [3.05, 3.63) is 35.4 Å². The lowest BCUT2D eigenvalue weighted by molar-refractivity contribution is 0.0953. The number of carbonyl (C=O) groups excluding carboxylic acids is 1. The van der Waals surface area contributed by atoms with Gasteiger partial charge in [0.15, 0.2) is 0 Å². The number of nitrogens with one attached hydrogen (secondary N) is 1. The minimum absolute atomic E-state index is 0.0439. The van der Waals surface area contributed by atoms with Gasteiger partial charge in [-0.05, 0) is 31.0 Å². The van der Waals surface area contributed by atoms with Crippen molar-refractivity contribution < 1.29 is 13.2 Å². The van der Waals surface area contributed by atoms with Crippen molar-refractivity contribution in [2.75, 3.05) is 38.5 Å². The van der Waals surface area contributed by atoms with Crippen LogP contribution in [0.5, 0.6) is 0 Å². The van der Waals surface area contributed by atoms with Crippen LogP contribution in [0.2, 0.25) is 0 Å². The lowest BCUT2D eigenvalue weighted by atomic mass is 10.1. The second kappa shape index (κ2) is 8.60. The Balaban J connectivity index is 1.92. The molecule has 6 nitrogen and oxygen atoms in total. The average molecular weight is 353 g/mol. The highest BCUT2D eigenvalue weighted by Crippen LogP contribution is 2.13. The Labute approximate surface area is 144 Å². The molecule has 134 valence electrons. The van der Waals surface area contributed by atoms with E-state index in [1.165, 1.54) is 0 Å². The summed E-state index contributed by atoms with van der Waals surface area (Å²) >= 11 is 0. The first-order valence-corrected chi connectivity index (χ1v) is 10.1. The fourth-order valence-corrected chi connectivity index (χ4v) is 3.84. The van der Waals surface area contributed by atoms with E-state index in [9.17, 15) is 13.2 Å². The van der Waals surface area contributed by atoms with Gasteiger partial charge >= 0.3 is 0 Å². The number of hydrogen-bond acceptors (Lipinski definition) is 4. The van der Waals surface area contributed by atoms with Gasteiger partial charge in [-0.15, -0.1) is 0 Å². The van der Waals surface area contributed by atoms with Crippen LogP contribution in [0.1, 0.15) is 36.2 Å². The zero-order chi connectivity index (χ0) is 17.6. The molecule has 1 amide bonds. The van der Waals surface area contributed by atoms with Crippen LogP contribution in [-0.4, -0.2) is 62.0 Å². The minimum Gasteiger partial charge on any atom is -0.352 e. The normalized spacial score (nSPS) is 16.9. The second-order valence-electron chi connectivity index (χ2n) is 6.03. The van der Waals surface area contributed by atoms with Gasteiger partial charge in [-0.1, -0.05) is 19.1 Å². The number of amides is 1. The Morgan fingerprint density at radius 2 is 1.88 bits per heavy atom. The SMILES string of the molecule is CCCNC(=O)c1cccc(CN2CCN(S(=O)(=O)CC)CC2)c1. The lowest BCUT2D eigenvalue weighted by Gasteiger charge is -2.33. The fourth-order valence-electron chi connectivity index (χ4n) is 2.76. The summed E-state index contributed by atoms with van der Waals surface area (Å²) in [7, 11) is -3.09. The van der Waals surface area contributed by atoms with E-state index in [4.69, 9.17) is 0 Å². The first-order valence-electron chi connectivity index (χ1n) is 8.53. The Morgan fingerprint density at radius 3 is 2.50 bits per heavy atom. The Bertz CT molecular complexity index is 653. The summed E-state index contributed by atoms with van der Waals surface area (Å²) in [4.78, 5) is 14.3. The number of piperazine rings is 1. The topological polar surface area (TPSA) is 69.7 Å². The molecule has 0 spiro atoms. The molecular weight excluding hydrogens is 326 g/mol. The second-order valence-corrected chi connectivity index (χ2v) is 8.29. The van der Waals surface area contributed by atoms with Crippen molar-refractivity contribution in [1.29, 1.82) is 0 Å². The van der Waals surface area contributed by atoms with E-state index in [1.807, 2.05) is 31.2 Å². The smallest absolute Gasteiger partial charge is 0.251 e. The summed E-state index contributed by atoms with van der Waals surface area (Å²) < 4.78 is 25.3. The van der Waals surface area contributed by atoms with Crippen LogP contribution < -0.4 is 5.32 Å². The van der Waals surface area contributed by atoms with Crippen LogP contribution in [0.25, 0.3) is 0 Å². The number of rotatable bonds is 7. The molecule has 0 atom stereocenters. The summed E-state index contributed by atoms with van der Waals surface area (Å²) in [5.74, 6) is 0.111. The molecule has 1 N–H and O–H groups in total. The van der Waals surface area contributed by atoms with Crippen molar-refractivity contribution in [2.45, 2.75) is 26.8 Å². The van der Waals surface area contributed by atoms with Crippen LogP contribution in [0.4, 0.5) is 0 Å². The van der Waals surface area contributed by atoms with E-state index >= 15 is 0 Å². The monoisotopic (exact) mass is 353 g/mol. The minimum atomic E-state index is -3.09. The van der Waals surface area contributed by atoms with Crippen LogP contribution in [0.15, 0.2) is 24.3 Å². The molecule has 7 heteroatoms. The van der Waals surface area contributed by atoms with Gasteiger partial charge in [0.1, 0.15) is 0 Å². The maximum Gasteiger partial charge on any atom is 0.251 e. The third kappa shape index (κ3) is 5.03. The standard InChI is InChI=1S/C17H27N3O3S/c1-3-8-18-17(21)16-7-5-6-15(13-16)14-19-9-11-20(12-10-19)24(22,23)4-2/h5-7,13H,3-4,8-12,14H2,1-2H3,(H,18,21). The maximum absolute atomic E-state index is 12.0. The quantitative estimate of drug-likeness (QED) is 0.802. The zero-order valence-electron chi connectivity index (χ0n) is 14.5. The summed E-state index contributed by atoms with van der Waals surface area (Å²) in [5.41, 5.74) is 1.75. The molecule has 2 rings (SSSR count). The predicted octanol–water partition coefficient (Wildman–Crippen LogP) is 1.29. The number of carbonyl (C=O) groups is 1. The number of benzene rings is 1. The molecule has 0 unspecified atom stereocenters. The van der Waals surface area contributed by atoms with E-state index in [2.05, 4.69) is 10.2 Å². The Morgan fingerprint density at radius 1 is 1.17 bits per heavy atom. The van der Waals surface area contributed by atoms with Crippen LogP contribution in [0, 0.1) is 0 Å². The predicted molar refractivity (Wildman–Crippen MR) is 95.4 cm³/mol. The van der Waals surface area contributed by atoms with Crippen molar-refractivity contribution in [2.24, 2.45) is 0 Å². The highest BCUT2D eigenvalue weighted by Gasteiger charge is 2.25. The molecule has 24 heavy (non-hydrogen) atoms. The summed E-state index contributed by atoms with van der Waals surface area (Å²) in [6.07, 6.45) is 0.913. The van der Waals surface area contributed by atoms with E-state index < -0.39 is 10.0 Å². The molecular formula is C17H27N3O3S. The molecule has 1 aromatic carbocycles. The largest absolute Gasteiger partial charge is 0.352 e. The molecule has 1 fully saturated rings. The fraction of sp³-hybridized carbons (Fsp3) is 0.588. The highest BCUT2D eigenvalue weighted by atomic mass is 32.2. The van der Waals surface area contributed by atoms with Gasteiger partial charge in [-0.25, -0.2) is 8.42 Å². The number of sulfonamides is 1. The van der Waals surface area contributed by atoms with Gasteiger partial charge < -0.3 is 5.32 Å². The van der Waals surface area contributed by atoms with Gasteiger partial charge in [0.05, 0.1) is 5.75 Å². The third-order valence-corrected chi connectivity index (χ3v) is 6.10. The van der Waals surface area contributed by atoms with E-state index in [-0.39, 0.29) is 11.7 Å². The molecule has 1 heterocycles. The molecule has 1 aliphatic heterocycles. The van der Waals surface area contributed by atoms with Crippen molar-refractivity contribution >= 4 is 15.9 Å². The Kier molecular flexibility index (Phi) is 6.77. The number of nitrogens with zero attached hydrogens (tertiary/aromatic N) is 2. The molecule has 1 saturated heterocycles. The summed E-state index contributed by atoms with van der Waals surface area (Å²) in [6, 6.07) is 7.64. The number of hydrogen-bond donors (Lipinski definition) is 1.